The van der Waals surface area contributed by atoms with Crippen LogP contribution in [-0.4, -0.2) is 37.1 Å². The normalized spacial score (nSPS) is 30.9. The van der Waals surface area contributed by atoms with Gasteiger partial charge in [-0.2, -0.15) is 0 Å². The molecule has 2 nitrogen and oxygen atoms in total. The van der Waals surface area contributed by atoms with Gasteiger partial charge in [-0.05, 0) is 69.6 Å². The molecule has 2 unspecified atom stereocenters. The lowest BCUT2D eigenvalue weighted by Crippen LogP contribution is -2.44. The van der Waals surface area contributed by atoms with Crippen molar-refractivity contribution in [2.75, 3.05) is 26.2 Å². The molecule has 0 bridgehead atoms. The third-order valence-electron chi connectivity index (χ3n) is 5.50. The lowest BCUT2D eigenvalue weighted by molar-refractivity contribution is 0.165. The number of nitrogens with one attached hydrogen (secondary N) is 1. The highest BCUT2D eigenvalue weighted by molar-refractivity contribution is 4.84. The van der Waals surface area contributed by atoms with Gasteiger partial charge >= 0.3 is 0 Å². The van der Waals surface area contributed by atoms with Crippen LogP contribution < -0.4 is 5.32 Å². The topological polar surface area (TPSA) is 15.3 Å². The molecular formula is C17H34N2. The van der Waals surface area contributed by atoms with Gasteiger partial charge in [0.1, 0.15) is 0 Å². The summed E-state index contributed by atoms with van der Waals surface area (Å²) in [6.07, 6.45) is 8.56. The summed E-state index contributed by atoms with van der Waals surface area (Å²) in [7, 11) is 0. The first-order valence-corrected chi connectivity index (χ1v) is 8.66. The van der Waals surface area contributed by atoms with Crippen molar-refractivity contribution in [1.29, 1.82) is 0 Å². The number of rotatable bonds is 5. The summed E-state index contributed by atoms with van der Waals surface area (Å²) >= 11 is 0. The van der Waals surface area contributed by atoms with Crippen molar-refractivity contribution in [2.24, 2.45) is 17.8 Å². The second-order valence-corrected chi connectivity index (χ2v) is 7.08. The van der Waals surface area contributed by atoms with E-state index in [1.54, 1.807) is 0 Å². The minimum Gasteiger partial charge on any atom is -0.313 e. The highest BCUT2D eigenvalue weighted by atomic mass is 15.1. The van der Waals surface area contributed by atoms with Gasteiger partial charge in [0.05, 0.1) is 0 Å². The van der Waals surface area contributed by atoms with E-state index in [2.05, 4.69) is 31.0 Å². The van der Waals surface area contributed by atoms with Crippen molar-refractivity contribution in [3.63, 3.8) is 0 Å². The molecule has 0 aromatic rings. The third-order valence-corrected chi connectivity index (χ3v) is 5.50. The third kappa shape index (κ3) is 4.46. The predicted molar refractivity (Wildman–Crippen MR) is 83.4 cm³/mol. The van der Waals surface area contributed by atoms with E-state index in [4.69, 9.17) is 0 Å². The summed E-state index contributed by atoms with van der Waals surface area (Å²) in [5.74, 6) is 2.70. The van der Waals surface area contributed by atoms with Crippen LogP contribution in [0.5, 0.6) is 0 Å². The van der Waals surface area contributed by atoms with E-state index in [0.717, 1.165) is 23.8 Å². The fraction of sp³-hybridized carbons (Fsp3) is 1.00. The Morgan fingerprint density at radius 2 is 1.74 bits per heavy atom. The molecule has 0 spiro atoms. The maximum Gasteiger partial charge on any atom is 0.00978 e. The average molecular weight is 266 g/mol. The molecule has 2 heteroatoms. The largest absolute Gasteiger partial charge is 0.313 e. The van der Waals surface area contributed by atoms with Gasteiger partial charge in [-0.15, -0.1) is 0 Å². The molecule has 2 aliphatic rings. The maximum atomic E-state index is 3.94. The zero-order chi connectivity index (χ0) is 13.7. The average Bonchev–Trinajstić information content (AvgIpc) is 2.46. The van der Waals surface area contributed by atoms with E-state index in [-0.39, 0.29) is 0 Å². The Hall–Kier alpha value is -0.0800. The van der Waals surface area contributed by atoms with Gasteiger partial charge in [0.25, 0.3) is 0 Å². The van der Waals surface area contributed by atoms with Crippen molar-refractivity contribution in [3.05, 3.63) is 0 Å². The van der Waals surface area contributed by atoms with E-state index in [0.29, 0.717) is 0 Å². The Bertz CT molecular complexity index is 244. The van der Waals surface area contributed by atoms with Crippen LogP contribution >= 0.6 is 0 Å². The van der Waals surface area contributed by atoms with Gasteiger partial charge in [-0.25, -0.2) is 0 Å². The quantitative estimate of drug-likeness (QED) is 0.819. The molecule has 2 atom stereocenters. The van der Waals surface area contributed by atoms with Crippen molar-refractivity contribution in [1.82, 2.24) is 10.2 Å². The van der Waals surface area contributed by atoms with Crippen LogP contribution in [0.25, 0.3) is 0 Å². The van der Waals surface area contributed by atoms with Crippen LogP contribution in [0.4, 0.5) is 0 Å². The molecular weight excluding hydrogens is 232 g/mol. The van der Waals surface area contributed by atoms with Crippen LogP contribution in [0.15, 0.2) is 0 Å². The Kier molecular flexibility index (Phi) is 6.15. The van der Waals surface area contributed by atoms with Crippen LogP contribution in [0.1, 0.15) is 59.3 Å². The number of piperidine rings is 1. The first kappa shape index (κ1) is 15.3. The van der Waals surface area contributed by atoms with Crippen molar-refractivity contribution in [3.8, 4) is 0 Å². The fourth-order valence-electron chi connectivity index (χ4n) is 4.04. The van der Waals surface area contributed by atoms with Crippen LogP contribution in [0, 0.1) is 17.8 Å². The van der Waals surface area contributed by atoms with Gasteiger partial charge in [0.2, 0.25) is 0 Å². The summed E-state index contributed by atoms with van der Waals surface area (Å²) in [6.45, 7) is 12.2. The summed E-state index contributed by atoms with van der Waals surface area (Å²) in [5, 5.41) is 3.94. The minimum atomic E-state index is 0.804. The zero-order valence-electron chi connectivity index (χ0n) is 13.3. The van der Waals surface area contributed by atoms with E-state index < -0.39 is 0 Å². The molecule has 0 aromatic heterocycles. The standard InChI is InChI=1S/C17H34N2/c1-4-19-11-9-15(10-12-19)13-18-17-8-6-5-7-16(17)14(2)3/h14-18H,4-13H2,1-3H3. The summed E-state index contributed by atoms with van der Waals surface area (Å²) in [6, 6.07) is 0.804. The van der Waals surface area contributed by atoms with Gasteiger partial charge < -0.3 is 10.2 Å². The summed E-state index contributed by atoms with van der Waals surface area (Å²) in [4.78, 5) is 2.59. The second-order valence-electron chi connectivity index (χ2n) is 7.08. The Labute approximate surface area is 120 Å². The van der Waals surface area contributed by atoms with Crippen LogP contribution in [-0.2, 0) is 0 Å². The zero-order valence-corrected chi connectivity index (χ0v) is 13.3. The molecule has 0 radical (unpaired) electrons. The van der Waals surface area contributed by atoms with Gasteiger partial charge in [0, 0.05) is 6.04 Å². The number of hydrogen-bond acceptors (Lipinski definition) is 2. The molecule has 1 saturated carbocycles. The van der Waals surface area contributed by atoms with E-state index >= 15 is 0 Å². The van der Waals surface area contributed by atoms with Gasteiger partial charge in [0.15, 0.2) is 0 Å². The van der Waals surface area contributed by atoms with E-state index in [1.165, 1.54) is 64.7 Å². The monoisotopic (exact) mass is 266 g/mol. The molecule has 1 N–H and O–H groups in total. The molecule has 19 heavy (non-hydrogen) atoms. The molecule has 2 rings (SSSR count). The van der Waals surface area contributed by atoms with E-state index in [9.17, 15) is 0 Å². The lowest BCUT2D eigenvalue weighted by Gasteiger charge is -2.37. The van der Waals surface area contributed by atoms with E-state index in [1.807, 2.05) is 0 Å². The molecule has 0 amide bonds. The van der Waals surface area contributed by atoms with Crippen molar-refractivity contribution in [2.45, 2.75) is 65.3 Å². The fourth-order valence-corrected chi connectivity index (χ4v) is 4.04. The second kappa shape index (κ2) is 7.64. The SMILES string of the molecule is CCN1CCC(CNC2CCCCC2C(C)C)CC1. The molecule has 1 aliphatic heterocycles. The maximum absolute atomic E-state index is 3.94. The number of likely N-dealkylation sites (tertiary alicyclic amines) is 1. The van der Waals surface area contributed by atoms with Crippen molar-refractivity contribution < 1.29 is 0 Å². The first-order chi connectivity index (χ1) is 9.20. The summed E-state index contributed by atoms with van der Waals surface area (Å²) < 4.78 is 0. The molecule has 112 valence electrons. The smallest absolute Gasteiger partial charge is 0.00978 e. The molecule has 1 saturated heterocycles. The highest BCUT2D eigenvalue weighted by Gasteiger charge is 2.28. The minimum absolute atomic E-state index is 0.804. The predicted octanol–water partition coefficient (Wildman–Crippen LogP) is 3.52. The Morgan fingerprint density at radius 1 is 1.05 bits per heavy atom. The van der Waals surface area contributed by atoms with Crippen LogP contribution in [0.3, 0.4) is 0 Å². The Morgan fingerprint density at radius 3 is 2.37 bits per heavy atom. The van der Waals surface area contributed by atoms with Gasteiger partial charge in [-0.3, -0.25) is 0 Å². The molecule has 1 heterocycles. The first-order valence-electron chi connectivity index (χ1n) is 8.66. The molecule has 2 fully saturated rings. The number of hydrogen-bond donors (Lipinski definition) is 1. The molecule has 0 aromatic carbocycles. The summed E-state index contributed by atoms with van der Waals surface area (Å²) in [5.41, 5.74) is 0. The molecule has 1 aliphatic carbocycles. The Balaban J connectivity index is 1.72. The van der Waals surface area contributed by atoms with Crippen LogP contribution in [0.2, 0.25) is 0 Å². The van der Waals surface area contributed by atoms with Gasteiger partial charge in [-0.1, -0.05) is 33.6 Å². The lowest BCUT2D eigenvalue weighted by atomic mass is 9.77. The van der Waals surface area contributed by atoms with Crippen molar-refractivity contribution >= 4 is 0 Å². The number of nitrogens with zero attached hydrogens (tertiary/aromatic N) is 1. The highest BCUT2D eigenvalue weighted by Crippen LogP contribution is 2.30.